The molecule has 0 aliphatic carbocycles. The number of amides is 1. The van der Waals surface area contributed by atoms with Crippen LogP contribution in [-0.4, -0.2) is 33.4 Å². The van der Waals surface area contributed by atoms with E-state index in [1.807, 2.05) is 49.9 Å². The van der Waals surface area contributed by atoms with Crippen LogP contribution < -0.4 is 0 Å². The lowest BCUT2D eigenvalue weighted by Crippen LogP contribution is -2.31. The van der Waals surface area contributed by atoms with E-state index in [9.17, 15) is 4.79 Å². The molecule has 1 aliphatic heterocycles. The van der Waals surface area contributed by atoms with Gasteiger partial charge in [0.2, 0.25) is 5.91 Å². The van der Waals surface area contributed by atoms with Crippen molar-refractivity contribution in [2.75, 3.05) is 6.54 Å². The molecule has 1 unspecified atom stereocenters. The second-order valence-corrected chi connectivity index (χ2v) is 6.58. The van der Waals surface area contributed by atoms with Gasteiger partial charge in [0.15, 0.2) is 0 Å². The van der Waals surface area contributed by atoms with E-state index in [2.05, 4.69) is 4.98 Å². The zero-order valence-electron chi connectivity index (χ0n) is 13.1. The van der Waals surface area contributed by atoms with E-state index in [1.54, 1.807) is 0 Å². The van der Waals surface area contributed by atoms with Gasteiger partial charge in [-0.1, -0.05) is 23.7 Å². The standard InChI is InChI=1S/C17H20ClN3O/c1-10(2)21-9-13(8-15(21)22)17-19-11(3)16(20-17)12-5-4-6-14(18)7-12/h4-7,10,13H,8-9H2,1-3H3,(H,19,20). The third-order valence-electron chi connectivity index (χ3n) is 4.17. The number of imidazole rings is 1. The number of hydrogen-bond acceptors (Lipinski definition) is 2. The van der Waals surface area contributed by atoms with Crippen LogP contribution >= 0.6 is 11.6 Å². The summed E-state index contributed by atoms with van der Waals surface area (Å²) in [6.07, 6.45) is 0.528. The number of benzene rings is 1. The fourth-order valence-corrected chi connectivity index (χ4v) is 3.20. The molecule has 2 aromatic rings. The zero-order chi connectivity index (χ0) is 15.9. The molecule has 0 bridgehead atoms. The van der Waals surface area contributed by atoms with Crippen LogP contribution in [0.15, 0.2) is 24.3 Å². The summed E-state index contributed by atoms with van der Waals surface area (Å²) in [5.41, 5.74) is 2.91. The molecule has 1 saturated heterocycles. The quantitative estimate of drug-likeness (QED) is 0.937. The number of nitrogens with zero attached hydrogens (tertiary/aromatic N) is 2. The molecule has 0 radical (unpaired) electrons. The number of H-pyrrole nitrogens is 1. The van der Waals surface area contributed by atoms with Gasteiger partial charge in [0.05, 0.1) is 5.69 Å². The molecule has 4 nitrogen and oxygen atoms in total. The average molecular weight is 318 g/mol. The Bertz CT molecular complexity index is 708. The van der Waals surface area contributed by atoms with Crippen molar-refractivity contribution in [2.24, 2.45) is 0 Å². The average Bonchev–Trinajstić information content (AvgIpc) is 3.02. The first kappa shape index (κ1) is 15.1. The van der Waals surface area contributed by atoms with Gasteiger partial charge in [-0.2, -0.15) is 0 Å². The lowest BCUT2D eigenvalue weighted by molar-refractivity contribution is -0.129. The first-order chi connectivity index (χ1) is 10.5. The minimum atomic E-state index is 0.140. The maximum atomic E-state index is 12.1. The maximum Gasteiger partial charge on any atom is 0.223 e. The van der Waals surface area contributed by atoms with Gasteiger partial charge in [0, 0.05) is 41.2 Å². The van der Waals surface area contributed by atoms with Crippen molar-refractivity contribution < 1.29 is 4.79 Å². The Labute approximate surface area is 135 Å². The monoisotopic (exact) mass is 317 g/mol. The molecule has 3 rings (SSSR count). The Hall–Kier alpha value is -1.81. The van der Waals surface area contributed by atoms with Crippen molar-refractivity contribution in [2.45, 2.75) is 39.2 Å². The molecular formula is C17H20ClN3O. The molecule has 1 amide bonds. The van der Waals surface area contributed by atoms with Crippen molar-refractivity contribution in [1.82, 2.24) is 14.9 Å². The molecule has 22 heavy (non-hydrogen) atoms. The second-order valence-electron chi connectivity index (χ2n) is 6.15. The molecule has 1 aliphatic rings. The predicted octanol–water partition coefficient (Wildman–Crippen LogP) is 3.76. The van der Waals surface area contributed by atoms with Crippen LogP contribution in [0.3, 0.4) is 0 Å². The normalized spacial score (nSPS) is 18.5. The number of nitrogens with one attached hydrogen (secondary N) is 1. The molecule has 2 heterocycles. The van der Waals surface area contributed by atoms with E-state index in [4.69, 9.17) is 16.6 Å². The highest BCUT2D eigenvalue weighted by Crippen LogP contribution is 2.31. The lowest BCUT2D eigenvalue weighted by atomic mass is 10.1. The summed E-state index contributed by atoms with van der Waals surface area (Å²) in [5.74, 6) is 1.24. The summed E-state index contributed by atoms with van der Waals surface area (Å²) in [6.45, 7) is 6.83. The molecular weight excluding hydrogens is 298 g/mol. The number of carbonyl (C=O) groups excluding carboxylic acids is 1. The highest BCUT2D eigenvalue weighted by Gasteiger charge is 2.34. The molecule has 1 atom stereocenters. The summed E-state index contributed by atoms with van der Waals surface area (Å²) in [4.78, 5) is 22.1. The van der Waals surface area contributed by atoms with Crippen LogP contribution in [0, 0.1) is 6.92 Å². The fourth-order valence-electron chi connectivity index (χ4n) is 3.01. The third kappa shape index (κ3) is 2.75. The van der Waals surface area contributed by atoms with Crippen molar-refractivity contribution >= 4 is 17.5 Å². The fraction of sp³-hybridized carbons (Fsp3) is 0.412. The number of rotatable bonds is 3. The summed E-state index contributed by atoms with van der Waals surface area (Å²) in [7, 11) is 0. The second kappa shape index (κ2) is 5.76. The highest BCUT2D eigenvalue weighted by molar-refractivity contribution is 6.30. The van der Waals surface area contributed by atoms with E-state index < -0.39 is 0 Å². The number of hydrogen-bond donors (Lipinski definition) is 1. The van der Waals surface area contributed by atoms with Crippen LogP contribution in [0.25, 0.3) is 11.3 Å². The van der Waals surface area contributed by atoms with E-state index in [1.165, 1.54) is 0 Å². The summed E-state index contributed by atoms with van der Waals surface area (Å²) >= 11 is 6.06. The van der Waals surface area contributed by atoms with Gasteiger partial charge in [-0.25, -0.2) is 4.98 Å². The van der Waals surface area contributed by atoms with Crippen LogP contribution in [0.4, 0.5) is 0 Å². The van der Waals surface area contributed by atoms with E-state index >= 15 is 0 Å². The maximum absolute atomic E-state index is 12.1. The van der Waals surface area contributed by atoms with Gasteiger partial charge in [-0.15, -0.1) is 0 Å². The van der Waals surface area contributed by atoms with Crippen LogP contribution in [0.5, 0.6) is 0 Å². The summed E-state index contributed by atoms with van der Waals surface area (Å²) < 4.78 is 0. The number of halogens is 1. The topological polar surface area (TPSA) is 49.0 Å². The Morgan fingerprint density at radius 1 is 1.41 bits per heavy atom. The minimum absolute atomic E-state index is 0.140. The summed E-state index contributed by atoms with van der Waals surface area (Å²) in [5, 5.41) is 0.698. The van der Waals surface area contributed by atoms with Gasteiger partial charge in [-0.3, -0.25) is 4.79 Å². The van der Waals surface area contributed by atoms with Gasteiger partial charge in [0.25, 0.3) is 0 Å². The van der Waals surface area contributed by atoms with Crippen LogP contribution in [0.2, 0.25) is 5.02 Å². The Kier molecular flexibility index (Phi) is 3.96. The summed E-state index contributed by atoms with van der Waals surface area (Å²) in [6, 6.07) is 7.92. The number of aromatic nitrogens is 2. The number of aryl methyl sites for hydroxylation is 1. The lowest BCUT2D eigenvalue weighted by Gasteiger charge is -2.20. The third-order valence-corrected chi connectivity index (χ3v) is 4.40. The van der Waals surface area contributed by atoms with Gasteiger partial charge < -0.3 is 9.88 Å². The predicted molar refractivity (Wildman–Crippen MR) is 88.0 cm³/mol. The van der Waals surface area contributed by atoms with E-state index in [0.717, 1.165) is 29.3 Å². The smallest absolute Gasteiger partial charge is 0.223 e. The molecule has 0 saturated carbocycles. The van der Waals surface area contributed by atoms with E-state index in [-0.39, 0.29) is 17.9 Å². The minimum Gasteiger partial charge on any atom is -0.345 e. The van der Waals surface area contributed by atoms with Crippen LogP contribution in [-0.2, 0) is 4.79 Å². The molecule has 1 N–H and O–H groups in total. The van der Waals surface area contributed by atoms with Gasteiger partial charge >= 0.3 is 0 Å². The van der Waals surface area contributed by atoms with Crippen molar-refractivity contribution in [3.63, 3.8) is 0 Å². The highest BCUT2D eigenvalue weighted by atomic mass is 35.5. The van der Waals surface area contributed by atoms with Crippen LogP contribution in [0.1, 0.15) is 37.7 Å². The molecule has 0 spiro atoms. The number of carbonyl (C=O) groups is 1. The Morgan fingerprint density at radius 2 is 2.18 bits per heavy atom. The van der Waals surface area contributed by atoms with Crippen molar-refractivity contribution in [3.05, 3.63) is 40.8 Å². The first-order valence-electron chi connectivity index (χ1n) is 7.57. The number of aromatic amines is 1. The first-order valence-corrected chi connectivity index (χ1v) is 7.95. The SMILES string of the molecule is Cc1[nH]c(C2CC(=O)N(C(C)C)C2)nc1-c1cccc(Cl)c1. The molecule has 116 valence electrons. The Balaban J connectivity index is 1.89. The number of likely N-dealkylation sites (tertiary alicyclic amines) is 1. The molecule has 1 aromatic heterocycles. The molecule has 5 heteroatoms. The van der Waals surface area contributed by atoms with Gasteiger partial charge in [0.1, 0.15) is 5.82 Å². The largest absolute Gasteiger partial charge is 0.345 e. The molecule has 1 aromatic carbocycles. The van der Waals surface area contributed by atoms with E-state index in [0.29, 0.717) is 11.4 Å². The zero-order valence-corrected chi connectivity index (χ0v) is 13.8. The molecule has 1 fully saturated rings. The van der Waals surface area contributed by atoms with Crippen molar-refractivity contribution in [3.8, 4) is 11.3 Å². The van der Waals surface area contributed by atoms with Crippen molar-refractivity contribution in [1.29, 1.82) is 0 Å². The Morgan fingerprint density at radius 3 is 2.82 bits per heavy atom. The van der Waals surface area contributed by atoms with Gasteiger partial charge in [-0.05, 0) is 32.9 Å².